The van der Waals surface area contributed by atoms with Gasteiger partial charge in [-0.05, 0) is 29.7 Å². The van der Waals surface area contributed by atoms with E-state index in [1.165, 1.54) is 11.8 Å². The predicted molar refractivity (Wildman–Crippen MR) is 99.2 cm³/mol. The third kappa shape index (κ3) is 6.15. The summed E-state index contributed by atoms with van der Waals surface area (Å²) >= 11 is 1.42. The molecule has 2 N–H and O–H groups in total. The maximum atomic E-state index is 11.6. The van der Waals surface area contributed by atoms with E-state index < -0.39 is 17.4 Å². The highest BCUT2D eigenvalue weighted by Crippen LogP contribution is 2.23. The van der Waals surface area contributed by atoms with Crippen molar-refractivity contribution < 1.29 is 19.4 Å². The van der Waals surface area contributed by atoms with Gasteiger partial charge >= 0.3 is 6.09 Å². The third-order valence-electron chi connectivity index (χ3n) is 3.74. The van der Waals surface area contributed by atoms with Crippen LogP contribution in [0.5, 0.6) is 5.75 Å². The summed E-state index contributed by atoms with van der Waals surface area (Å²) in [6.07, 6.45) is 0.155. The SMILES string of the molecule is COc1ccc(CSC(C=O)[C@H](Cc2ccccc2)NC(=O)O)cc1. The van der Waals surface area contributed by atoms with E-state index in [0.717, 1.165) is 23.2 Å². The van der Waals surface area contributed by atoms with Gasteiger partial charge in [-0.25, -0.2) is 4.79 Å². The van der Waals surface area contributed by atoms with E-state index in [9.17, 15) is 9.59 Å². The lowest BCUT2D eigenvalue weighted by Gasteiger charge is -2.23. The summed E-state index contributed by atoms with van der Waals surface area (Å²) < 4.78 is 5.13. The number of amides is 1. The lowest BCUT2D eigenvalue weighted by Crippen LogP contribution is -2.43. The fourth-order valence-electron chi connectivity index (χ4n) is 2.44. The fourth-order valence-corrected chi connectivity index (χ4v) is 3.49. The highest BCUT2D eigenvalue weighted by molar-refractivity contribution is 7.99. The molecule has 2 aromatic carbocycles. The van der Waals surface area contributed by atoms with Gasteiger partial charge in [0.1, 0.15) is 12.0 Å². The average molecular weight is 359 g/mol. The van der Waals surface area contributed by atoms with Crippen LogP contribution in [0.25, 0.3) is 0 Å². The van der Waals surface area contributed by atoms with Crippen molar-refractivity contribution in [1.82, 2.24) is 5.32 Å². The van der Waals surface area contributed by atoms with Crippen molar-refractivity contribution in [2.45, 2.75) is 23.5 Å². The second-order valence-electron chi connectivity index (χ2n) is 5.51. The number of hydrogen-bond acceptors (Lipinski definition) is 4. The number of ether oxygens (including phenoxy) is 1. The minimum Gasteiger partial charge on any atom is -0.497 e. The minimum atomic E-state index is -1.13. The van der Waals surface area contributed by atoms with Gasteiger partial charge < -0.3 is 20.0 Å². The molecule has 5 nitrogen and oxygen atoms in total. The number of nitrogens with one attached hydrogen (secondary N) is 1. The zero-order valence-electron chi connectivity index (χ0n) is 13.9. The first kappa shape index (κ1) is 18.9. The number of benzene rings is 2. The second-order valence-corrected chi connectivity index (χ2v) is 6.67. The van der Waals surface area contributed by atoms with Crippen LogP contribution in [-0.4, -0.2) is 35.9 Å². The molecular weight excluding hydrogens is 338 g/mol. The molecule has 2 aromatic rings. The number of thioether (sulfide) groups is 1. The minimum absolute atomic E-state index is 0.464. The summed E-state index contributed by atoms with van der Waals surface area (Å²) in [6.45, 7) is 0. The Morgan fingerprint density at radius 1 is 1.16 bits per heavy atom. The molecule has 0 aliphatic rings. The van der Waals surface area contributed by atoms with Crippen LogP contribution in [-0.2, 0) is 17.0 Å². The van der Waals surface area contributed by atoms with Crippen LogP contribution >= 0.6 is 11.8 Å². The number of rotatable bonds is 9. The number of hydrogen-bond donors (Lipinski definition) is 2. The fraction of sp³-hybridized carbons (Fsp3) is 0.263. The van der Waals surface area contributed by atoms with E-state index in [2.05, 4.69) is 5.32 Å². The monoisotopic (exact) mass is 359 g/mol. The summed E-state index contributed by atoms with van der Waals surface area (Å²) in [4.78, 5) is 22.7. The van der Waals surface area contributed by atoms with Crippen LogP contribution in [0.15, 0.2) is 54.6 Å². The molecule has 0 aromatic heterocycles. The molecule has 0 aliphatic carbocycles. The first-order chi connectivity index (χ1) is 12.1. The standard InChI is InChI=1S/C19H21NO4S/c1-24-16-9-7-15(8-10-16)13-25-18(12-21)17(20-19(22)23)11-14-5-3-2-4-6-14/h2-10,12,17-18,20H,11,13H2,1H3,(H,22,23)/t17-,18?/m0/s1. The van der Waals surface area contributed by atoms with E-state index in [0.29, 0.717) is 12.2 Å². The van der Waals surface area contributed by atoms with Crippen molar-refractivity contribution in [2.75, 3.05) is 7.11 Å². The molecule has 1 unspecified atom stereocenters. The molecule has 132 valence electrons. The molecule has 0 spiro atoms. The summed E-state index contributed by atoms with van der Waals surface area (Å²) in [5, 5.41) is 11.1. The van der Waals surface area contributed by atoms with Gasteiger partial charge in [0.15, 0.2) is 0 Å². The Bertz CT molecular complexity index is 676. The van der Waals surface area contributed by atoms with Gasteiger partial charge in [0.25, 0.3) is 0 Å². The van der Waals surface area contributed by atoms with Gasteiger partial charge in [-0.1, -0.05) is 42.5 Å². The normalized spacial score (nSPS) is 12.8. The third-order valence-corrected chi connectivity index (χ3v) is 5.06. The molecule has 0 bridgehead atoms. The van der Waals surface area contributed by atoms with Gasteiger partial charge in [-0.3, -0.25) is 0 Å². The van der Waals surface area contributed by atoms with E-state index in [1.807, 2.05) is 54.6 Å². The van der Waals surface area contributed by atoms with E-state index in [1.54, 1.807) is 7.11 Å². The van der Waals surface area contributed by atoms with Crippen molar-refractivity contribution in [2.24, 2.45) is 0 Å². The van der Waals surface area contributed by atoms with E-state index >= 15 is 0 Å². The number of carboxylic acid groups (broad SMARTS) is 1. The zero-order valence-corrected chi connectivity index (χ0v) is 14.7. The van der Waals surface area contributed by atoms with Crippen LogP contribution in [0.3, 0.4) is 0 Å². The first-order valence-corrected chi connectivity index (χ1v) is 8.90. The summed E-state index contributed by atoms with van der Waals surface area (Å²) in [5.74, 6) is 1.38. The molecule has 2 rings (SSSR count). The van der Waals surface area contributed by atoms with E-state index in [4.69, 9.17) is 9.84 Å². The van der Waals surface area contributed by atoms with Gasteiger partial charge in [0, 0.05) is 5.75 Å². The van der Waals surface area contributed by atoms with Gasteiger partial charge in [-0.2, -0.15) is 0 Å². The summed E-state index contributed by atoms with van der Waals surface area (Å²) in [7, 11) is 1.61. The Balaban J connectivity index is 2.03. The predicted octanol–water partition coefficient (Wildman–Crippen LogP) is 3.37. The summed E-state index contributed by atoms with van der Waals surface area (Å²) in [5.41, 5.74) is 2.03. The second kappa shape index (κ2) is 9.74. The smallest absolute Gasteiger partial charge is 0.404 e. The van der Waals surface area contributed by atoms with Crippen molar-refractivity contribution in [3.8, 4) is 5.75 Å². The largest absolute Gasteiger partial charge is 0.497 e. The number of methoxy groups -OCH3 is 1. The van der Waals surface area contributed by atoms with Crippen LogP contribution in [0.1, 0.15) is 11.1 Å². The molecule has 1 amide bonds. The van der Waals surface area contributed by atoms with Gasteiger partial charge in [0.05, 0.1) is 18.4 Å². The first-order valence-electron chi connectivity index (χ1n) is 7.85. The van der Waals surface area contributed by atoms with Crippen LogP contribution < -0.4 is 10.1 Å². The molecule has 0 fully saturated rings. The lowest BCUT2D eigenvalue weighted by molar-refractivity contribution is -0.107. The van der Waals surface area contributed by atoms with Gasteiger partial charge in [-0.15, -0.1) is 11.8 Å². The Morgan fingerprint density at radius 3 is 2.40 bits per heavy atom. The van der Waals surface area contributed by atoms with Crippen molar-refractivity contribution in [3.05, 3.63) is 65.7 Å². The summed E-state index contributed by atoms with van der Waals surface area (Å²) in [6, 6.07) is 16.7. The molecular formula is C19H21NO4S. The molecule has 0 saturated carbocycles. The number of aldehydes is 1. The quantitative estimate of drug-likeness (QED) is 0.672. The highest BCUT2D eigenvalue weighted by atomic mass is 32.2. The highest BCUT2D eigenvalue weighted by Gasteiger charge is 2.23. The molecule has 0 radical (unpaired) electrons. The molecule has 0 heterocycles. The van der Waals surface area contributed by atoms with Crippen molar-refractivity contribution in [3.63, 3.8) is 0 Å². The molecule has 6 heteroatoms. The van der Waals surface area contributed by atoms with Crippen LogP contribution in [0, 0.1) is 0 Å². The average Bonchev–Trinajstić information content (AvgIpc) is 2.63. The molecule has 25 heavy (non-hydrogen) atoms. The lowest BCUT2D eigenvalue weighted by atomic mass is 10.0. The number of carbonyl (C=O) groups is 2. The molecule has 0 saturated heterocycles. The molecule has 0 aliphatic heterocycles. The van der Waals surface area contributed by atoms with Crippen molar-refractivity contribution in [1.29, 1.82) is 0 Å². The Labute approximate surface area is 151 Å². The zero-order chi connectivity index (χ0) is 18.1. The Kier molecular flexibility index (Phi) is 7.35. The maximum absolute atomic E-state index is 11.6. The van der Waals surface area contributed by atoms with Crippen LogP contribution in [0.4, 0.5) is 4.79 Å². The number of carbonyl (C=O) groups excluding carboxylic acids is 1. The Morgan fingerprint density at radius 2 is 1.84 bits per heavy atom. The topological polar surface area (TPSA) is 75.6 Å². The Hall–Kier alpha value is -2.47. The van der Waals surface area contributed by atoms with Crippen molar-refractivity contribution >= 4 is 24.1 Å². The van der Waals surface area contributed by atoms with Gasteiger partial charge in [0.2, 0.25) is 0 Å². The van der Waals surface area contributed by atoms with E-state index in [-0.39, 0.29) is 0 Å². The van der Waals surface area contributed by atoms with Crippen LogP contribution in [0.2, 0.25) is 0 Å². The maximum Gasteiger partial charge on any atom is 0.404 e. The molecule has 2 atom stereocenters.